The molecule has 32 heavy (non-hydrogen) atoms. The fourth-order valence-electron chi connectivity index (χ4n) is 4.13. The van der Waals surface area contributed by atoms with Crippen LogP contribution in [0.4, 0.5) is 0 Å². The first-order valence-electron chi connectivity index (χ1n) is 11.0. The van der Waals surface area contributed by atoms with E-state index in [9.17, 15) is 9.90 Å². The monoisotopic (exact) mass is 480 g/mol. The van der Waals surface area contributed by atoms with Crippen molar-refractivity contribution in [2.24, 2.45) is 5.92 Å². The van der Waals surface area contributed by atoms with Crippen molar-refractivity contribution >= 4 is 28.8 Å². The van der Waals surface area contributed by atoms with Gasteiger partial charge in [-0.2, -0.15) is 0 Å². The number of carbonyl (C=O) groups is 1. The molecule has 1 amide bonds. The number of carbonyl (C=O) groups excluding carboxylic acids is 1. The number of fused-ring (bicyclic) bond motifs is 1. The number of rotatable bonds is 11. The second kappa shape index (κ2) is 12.0. The van der Waals surface area contributed by atoms with E-state index < -0.39 is 6.10 Å². The Balaban J connectivity index is 1.72. The summed E-state index contributed by atoms with van der Waals surface area (Å²) in [4.78, 5) is 18.7. The first kappa shape index (κ1) is 25.0. The molecule has 0 saturated heterocycles. The third-order valence-corrected chi connectivity index (χ3v) is 6.70. The Morgan fingerprint density at radius 2 is 2.03 bits per heavy atom. The molecule has 0 fully saturated rings. The molecule has 0 saturated carbocycles. The van der Waals surface area contributed by atoms with Crippen molar-refractivity contribution in [3.05, 3.63) is 51.2 Å². The van der Waals surface area contributed by atoms with Crippen LogP contribution in [0.15, 0.2) is 35.7 Å². The molecule has 0 radical (unpaired) electrons. The van der Waals surface area contributed by atoms with E-state index in [1.54, 1.807) is 30.6 Å². The lowest BCUT2D eigenvalue weighted by Gasteiger charge is -2.37. The first-order chi connectivity index (χ1) is 15.4. The number of amides is 1. The van der Waals surface area contributed by atoms with E-state index in [-0.39, 0.29) is 25.1 Å². The number of aliphatic hydroxyl groups is 1. The summed E-state index contributed by atoms with van der Waals surface area (Å²) >= 11 is 7.71. The van der Waals surface area contributed by atoms with Crippen LogP contribution in [0.5, 0.6) is 5.75 Å². The third kappa shape index (κ3) is 6.93. The predicted octanol–water partition coefficient (Wildman–Crippen LogP) is 3.87. The Morgan fingerprint density at radius 1 is 1.28 bits per heavy atom. The molecule has 1 aliphatic heterocycles. The number of hydrogen-bond acceptors (Lipinski definition) is 6. The van der Waals surface area contributed by atoms with Gasteiger partial charge in [0.1, 0.15) is 12.4 Å². The molecule has 0 bridgehead atoms. The second-order valence-electron chi connectivity index (χ2n) is 8.61. The second-order valence-corrected chi connectivity index (χ2v) is 10.1. The van der Waals surface area contributed by atoms with E-state index in [4.69, 9.17) is 21.1 Å². The Bertz CT molecular complexity index is 858. The highest BCUT2D eigenvalue weighted by atomic mass is 35.5. The molecule has 0 spiro atoms. The predicted molar refractivity (Wildman–Crippen MR) is 129 cm³/mol. The van der Waals surface area contributed by atoms with Gasteiger partial charge >= 0.3 is 0 Å². The molecular weight excluding hydrogens is 448 g/mol. The van der Waals surface area contributed by atoms with E-state index in [2.05, 4.69) is 25.3 Å². The van der Waals surface area contributed by atoms with Crippen molar-refractivity contribution in [3.8, 4) is 5.75 Å². The van der Waals surface area contributed by atoms with Gasteiger partial charge in [-0.25, -0.2) is 0 Å². The maximum atomic E-state index is 13.4. The molecule has 0 aliphatic carbocycles. The molecule has 2 aromatic rings. The molecule has 1 N–H and O–H groups in total. The lowest BCUT2D eigenvalue weighted by Crippen LogP contribution is -2.48. The van der Waals surface area contributed by atoms with Gasteiger partial charge in [0.05, 0.1) is 25.3 Å². The van der Waals surface area contributed by atoms with Gasteiger partial charge in [0, 0.05) is 36.6 Å². The molecule has 176 valence electrons. The highest BCUT2D eigenvalue weighted by molar-refractivity contribution is 7.10. The largest absolute Gasteiger partial charge is 0.491 e. The quantitative estimate of drug-likeness (QED) is 0.529. The maximum Gasteiger partial charge on any atom is 0.237 e. The molecule has 6 nitrogen and oxygen atoms in total. The summed E-state index contributed by atoms with van der Waals surface area (Å²) in [5.41, 5.74) is 1.17. The molecule has 0 unspecified atom stereocenters. The number of methoxy groups -OCH3 is 1. The zero-order chi connectivity index (χ0) is 23.1. The smallest absolute Gasteiger partial charge is 0.237 e. The topological polar surface area (TPSA) is 62.2 Å². The Morgan fingerprint density at radius 3 is 2.72 bits per heavy atom. The summed E-state index contributed by atoms with van der Waals surface area (Å²) in [5.74, 6) is 1.16. The minimum Gasteiger partial charge on any atom is -0.491 e. The summed E-state index contributed by atoms with van der Waals surface area (Å²) < 4.78 is 11.1. The average molecular weight is 481 g/mol. The van der Waals surface area contributed by atoms with Crippen LogP contribution in [0.3, 0.4) is 0 Å². The van der Waals surface area contributed by atoms with Crippen LogP contribution in [0.1, 0.15) is 30.3 Å². The fourth-order valence-corrected chi connectivity index (χ4v) is 5.18. The van der Waals surface area contributed by atoms with Gasteiger partial charge in [-0.3, -0.25) is 9.69 Å². The normalized spacial score (nSPS) is 17.0. The first-order valence-corrected chi connectivity index (χ1v) is 12.3. The minimum atomic E-state index is -0.625. The van der Waals surface area contributed by atoms with Gasteiger partial charge in [-0.15, -0.1) is 11.3 Å². The zero-order valence-corrected chi connectivity index (χ0v) is 20.6. The molecule has 1 aromatic heterocycles. The van der Waals surface area contributed by atoms with Crippen LogP contribution < -0.4 is 4.74 Å². The van der Waals surface area contributed by atoms with Crippen LogP contribution in [0.2, 0.25) is 5.02 Å². The number of halogens is 1. The van der Waals surface area contributed by atoms with E-state index >= 15 is 0 Å². The van der Waals surface area contributed by atoms with Crippen molar-refractivity contribution in [2.75, 3.05) is 46.5 Å². The van der Waals surface area contributed by atoms with Crippen LogP contribution in [-0.4, -0.2) is 73.4 Å². The highest BCUT2D eigenvalue weighted by Crippen LogP contribution is 2.34. The summed E-state index contributed by atoms with van der Waals surface area (Å²) in [5, 5.41) is 13.0. The van der Waals surface area contributed by atoms with E-state index in [0.29, 0.717) is 30.6 Å². The van der Waals surface area contributed by atoms with Crippen molar-refractivity contribution < 1.29 is 19.4 Å². The summed E-state index contributed by atoms with van der Waals surface area (Å²) in [6.07, 6.45) is 0.229. The molecule has 8 heteroatoms. The SMILES string of the molecule is COC[C@@H](O)CN(CC(=O)N1CCc2sccc2[C@H]1COc1ccc(Cl)cc1)CC(C)C. The maximum absolute atomic E-state index is 13.4. The molecule has 3 rings (SSSR count). The van der Waals surface area contributed by atoms with E-state index in [1.807, 2.05) is 21.9 Å². The van der Waals surface area contributed by atoms with Crippen LogP contribution >= 0.6 is 22.9 Å². The standard InChI is InChI=1S/C24H33ClN2O4S/c1-17(2)12-26(13-19(28)15-30-3)14-24(29)27-10-8-23-21(9-11-32-23)22(27)16-31-20-6-4-18(25)5-7-20/h4-7,9,11,17,19,22,28H,8,10,12-16H2,1-3H3/t19-,22+/m0/s1. The summed E-state index contributed by atoms with van der Waals surface area (Å²) in [6.45, 7) is 6.92. The van der Waals surface area contributed by atoms with Gasteiger partial charge in [0.2, 0.25) is 5.91 Å². The molecular formula is C24H33ClN2O4S. The summed E-state index contributed by atoms with van der Waals surface area (Å²) in [6, 6.07) is 9.24. The Labute approximate surface area is 199 Å². The van der Waals surface area contributed by atoms with Crippen LogP contribution in [0, 0.1) is 5.92 Å². The van der Waals surface area contributed by atoms with E-state index in [0.717, 1.165) is 18.7 Å². The van der Waals surface area contributed by atoms with Crippen LogP contribution in [0.25, 0.3) is 0 Å². The zero-order valence-electron chi connectivity index (χ0n) is 19.0. The fraction of sp³-hybridized carbons (Fsp3) is 0.542. The number of hydrogen-bond donors (Lipinski definition) is 1. The molecule has 2 atom stereocenters. The number of benzene rings is 1. The van der Waals surface area contributed by atoms with Crippen LogP contribution in [-0.2, 0) is 16.0 Å². The van der Waals surface area contributed by atoms with Crippen molar-refractivity contribution in [3.63, 3.8) is 0 Å². The summed E-state index contributed by atoms with van der Waals surface area (Å²) in [7, 11) is 1.57. The highest BCUT2D eigenvalue weighted by Gasteiger charge is 2.33. The van der Waals surface area contributed by atoms with Gasteiger partial charge in [0.25, 0.3) is 0 Å². The average Bonchev–Trinajstić information content (AvgIpc) is 3.21. The molecule has 1 aliphatic rings. The van der Waals surface area contributed by atoms with Gasteiger partial charge in [-0.1, -0.05) is 25.4 Å². The lowest BCUT2D eigenvalue weighted by atomic mass is 10.00. The Hall–Kier alpha value is -1.64. The molecule has 2 heterocycles. The number of aliphatic hydroxyl groups excluding tert-OH is 1. The van der Waals surface area contributed by atoms with E-state index in [1.165, 1.54) is 10.4 Å². The van der Waals surface area contributed by atoms with Crippen molar-refractivity contribution in [1.29, 1.82) is 0 Å². The third-order valence-electron chi connectivity index (χ3n) is 5.45. The number of nitrogens with zero attached hydrogens (tertiary/aromatic N) is 2. The number of thiophene rings is 1. The van der Waals surface area contributed by atoms with Gasteiger partial charge in [0.15, 0.2) is 0 Å². The van der Waals surface area contributed by atoms with Crippen molar-refractivity contribution in [2.45, 2.75) is 32.4 Å². The lowest BCUT2D eigenvalue weighted by molar-refractivity contribution is -0.136. The van der Waals surface area contributed by atoms with Gasteiger partial charge < -0.3 is 19.5 Å². The molecule has 1 aromatic carbocycles. The minimum absolute atomic E-state index is 0.0526. The number of ether oxygens (including phenoxy) is 2. The van der Waals surface area contributed by atoms with Gasteiger partial charge in [-0.05, 0) is 53.6 Å². The Kier molecular flexibility index (Phi) is 9.37. The van der Waals surface area contributed by atoms with Crippen molar-refractivity contribution in [1.82, 2.24) is 9.80 Å².